The van der Waals surface area contributed by atoms with Crippen LogP contribution in [0.4, 0.5) is 4.79 Å². The van der Waals surface area contributed by atoms with Gasteiger partial charge in [0, 0.05) is 10.0 Å². The first-order valence-electron chi connectivity index (χ1n) is 11.2. The molecule has 0 aromatic heterocycles. The van der Waals surface area contributed by atoms with E-state index >= 15 is 0 Å². The lowest BCUT2D eigenvalue weighted by Gasteiger charge is -2.14. The summed E-state index contributed by atoms with van der Waals surface area (Å²) in [5.74, 6) is 0.159. The molecule has 2 amide bonds. The van der Waals surface area contributed by atoms with Crippen LogP contribution in [0.2, 0.25) is 10.0 Å². The molecule has 0 unspecified atom stereocenters. The second kappa shape index (κ2) is 11.7. The smallest absolute Gasteiger partial charge is 0.339 e. The molecule has 1 saturated heterocycles. The van der Waals surface area contributed by atoms with Gasteiger partial charge in [0.05, 0.1) is 25.2 Å². The van der Waals surface area contributed by atoms with Crippen molar-refractivity contribution >= 4 is 62.3 Å². The summed E-state index contributed by atoms with van der Waals surface area (Å²) >= 11 is 12.9. The van der Waals surface area contributed by atoms with E-state index in [1.54, 1.807) is 31.2 Å². The van der Waals surface area contributed by atoms with Crippen molar-refractivity contribution in [2.45, 2.75) is 18.4 Å². The summed E-state index contributed by atoms with van der Waals surface area (Å²) in [5, 5.41) is 0.354. The fourth-order valence-electron chi connectivity index (χ4n) is 3.47. The summed E-state index contributed by atoms with van der Waals surface area (Å²) in [6.45, 7) is 1.97. The first-order valence-corrected chi connectivity index (χ1v) is 14.1. The van der Waals surface area contributed by atoms with Crippen LogP contribution in [0.3, 0.4) is 0 Å². The lowest BCUT2D eigenvalue weighted by molar-refractivity contribution is -0.123. The Labute approximate surface area is 234 Å². The van der Waals surface area contributed by atoms with Gasteiger partial charge in [0.1, 0.15) is 10.6 Å². The van der Waals surface area contributed by atoms with Crippen LogP contribution in [0.5, 0.6) is 17.2 Å². The van der Waals surface area contributed by atoms with Crippen molar-refractivity contribution in [3.63, 3.8) is 0 Å². The Bertz CT molecular complexity index is 1520. The van der Waals surface area contributed by atoms with Crippen LogP contribution < -0.4 is 13.7 Å². The fourth-order valence-corrected chi connectivity index (χ4v) is 5.71. The predicted molar refractivity (Wildman–Crippen MR) is 146 cm³/mol. The number of amides is 2. The van der Waals surface area contributed by atoms with Crippen LogP contribution in [0.1, 0.15) is 18.1 Å². The molecule has 8 nitrogen and oxygen atoms in total. The minimum absolute atomic E-state index is 0.00178. The lowest BCUT2D eigenvalue weighted by Crippen LogP contribution is -2.27. The van der Waals surface area contributed by atoms with Crippen molar-refractivity contribution in [1.82, 2.24) is 4.90 Å². The normalized spacial score (nSPS) is 14.7. The molecular formula is C26H21Cl2NO7S2. The molecule has 3 aromatic rings. The van der Waals surface area contributed by atoms with Crippen molar-refractivity contribution in [1.29, 1.82) is 0 Å². The molecule has 4 rings (SSSR count). The number of ether oxygens (including phenoxy) is 2. The second-order valence-corrected chi connectivity index (χ2v) is 11.2. The van der Waals surface area contributed by atoms with Gasteiger partial charge in [0.2, 0.25) is 0 Å². The van der Waals surface area contributed by atoms with E-state index in [-0.39, 0.29) is 34.5 Å². The Morgan fingerprint density at radius 1 is 0.974 bits per heavy atom. The maximum atomic E-state index is 13.0. The molecule has 38 heavy (non-hydrogen) atoms. The number of carbonyl (C=O) groups is 2. The Hall–Kier alpha value is -3.18. The Kier molecular flexibility index (Phi) is 8.57. The molecule has 12 heteroatoms. The maximum absolute atomic E-state index is 13.0. The summed E-state index contributed by atoms with van der Waals surface area (Å²) in [4.78, 5) is 26.8. The summed E-state index contributed by atoms with van der Waals surface area (Å²) in [7, 11) is -2.68. The Balaban J connectivity index is 1.56. The Morgan fingerprint density at radius 2 is 1.71 bits per heavy atom. The molecule has 0 aliphatic carbocycles. The van der Waals surface area contributed by atoms with Gasteiger partial charge in [-0.25, -0.2) is 0 Å². The zero-order valence-electron chi connectivity index (χ0n) is 20.1. The third-order valence-electron chi connectivity index (χ3n) is 5.33. The van der Waals surface area contributed by atoms with Gasteiger partial charge in [-0.2, -0.15) is 8.42 Å². The van der Waals surface area contributed by atoms with Crippen LogP contribution in [-0.4, -0.2) is 38.2 Å². The van der Waals surface area contributed by atoms with Gasteiger partial charge >= 0.3 is 10.1 Å². The molecular weight excluding hydrogens is 573 g/mol. The van der Waals surface area contributed by atoms with Gasteiger partial charge in [-0.05, 0) is 84.4 Å². The van der Waals surface area contributed by atoms with E-state index in [2.05, 4.69) is 0 Å². The number of hydrogen-bond acceptors (Lipinski definition) is 8. The number of benzene rings is 3. The van der Waals surface area contributed by atoms with E-state index in [9.17, 15) is 18.0 Å². The minimum Gasteiger partial charge on any atom is -0.497 e. The van der Waals surface area contributed by atoms with E-state index in [1.165, 1.54) is 49.6 Å². The van der Waals surface area contributed by atoms with Crippen LogP contribution in [0.25, 0.3) is 6.08 Å². The molecule has 3 aromatic carbocycles. The van der Waals surface area contributed by atoms with E-state index < -0.39 is 21.3 Å². The van der Waals surface area contributed by atoms with Crippen LogP contribution >= 0.6 is 35.0 Å². The minimum atomic E-state index is -4.15. The van der Waals surface area contributed by atoms with Crippen molar-refractivity contribution in [3.05, 3.63) is 86.7 Å². The topological polar surface area (TPSA) is 99.2 Å². The summed E-state index contributed by atoms with van der Waals surface area (Å²) in [6.07, 6.45) is 1.53. The number of nitrogens with zero attached hydrogens (tertiary/aromatic N) is 1. The molecule has 0 saturated carbocycles. The molecule has 0 N–H and O–H groups in total. The highest BCUT2D eigenvalue weighted by Gasteiger charge is 2.35. The highest BCUT2D eigenvalue weighted by Crippen LogP contribution is 2.37. The Morgan fingerprint density at radius 3 is 2.37 bits per heavy atom. The van der Waals surface area contributed by atoms with E-state index in [4.69, 9.17) is 36.9 Å². The summed E-state index contributed by atoms with van der Waals surface area (Å²) < 4.78 is 41.6. The number of hydrogen-bond donors (Lipinski definition) is 0. The van der Waals surface area contributed by atoms with Crippen molar-refractivity contribution in [2.75, 3.05) is 13.7 Å². The van der Waals surface area contributed by atoms with Gasteiger partial charge in [-0.15, -0.1) is 0 Å². The number of rotatable bonds is 9. The highest BCUT2D eigenvalue weighted by atomic mass is 35.5. The number of methoxy groups -OCH3 is 1. The highest BCUT2D eigenvalue weighted by molar-refractivity contribution is 8.18. The molecule has 0 radical (unpaired) electrons. The molecule has 198 valence electrons. The summed E-state index contributed by atoms with van der Waals surface area (Å²) in [5.41, 5.74) is 1.09. The average Bonchev–Trinajstić information content (AvgIpc) is 3.14. The fraction of sp³-hybridized carbons (Fsp3) is 0.154. The van der Waals surface area contributed by atoms with Gasteiger partial charge in [0.15, 0.2) is 11.5 Å². The van der Waals surface area contributed by atoms with Crippen molar-refractivity contribution in [3.8, 4) is 17.2 Å². The average molecular weight is 594 g/mol. The molecule has 1 heterocycles. The molecule has 0 spiro atoms. The largest absolute Gasteiger partial charge is 0.497 e. The van der Waals surface area contributed by atoms with E-state index in [0.717, 1.165) is 16.7 Å². The molecule has 1 aliphatic rings. The van der Waals surface area contributed by atoms with Gasteiger partial charge < -0.3 is 13.7 Å². The predicted octanol–water partition coefficient (Wildman–Crippen LogP) is 6.40. The second-order valence-electron chi connectivity index (χ2n) is 7.86. The third kappa shape index (κ3) is 6.27. The molecule has 0 bridgehead atoms. The lowest BCUT2D eigenvalue weighted by atomic mass is 10.1. The first-order chi connectivity index (χ1) is 18.1. The quantitative estimate of drug-likeness (QED) is 0.207. The third-order valence-corrected chi connectivity index (χ3v) is 8.07. The standard InChI is InChI=1S/C26H21Cl2NO7S2/c1-3-35-23-12-16(4-11-22(23)36-38(32,33)20-9-7-19(34-2)8-10-20)13-24-25(30)29(26(31)37-24)15-17-5-6-18(27)14-21(17)28/h4-14H,3,15H2,1-2H3/b24-13-. The summed E-state index contributed by atoms with van der Waals surface area (Å²) in [6, 6.07) is 15.1. The van der Waals surface area contributed by atoms with Crippen molar-refractivity contribution < 1.29 is 31.7 Å². The zero-order valence-corrected chi connectivity index (χ0v) is 23.3. The molecule has 1 fully saturated rings. The first kappa shape index (κ1) is 27.8. The SMILES string of the molecule is CCOc1cc(/C=C2\SC(=O)N(Cc3ccc(Cl)cc3Cl)C2=O)ccc1OS(=O)(=O)c1ccc(OC)cc1. The number of carbonyl (C=O) groups excluding carboxylic acids is 2. The molecule has 0 atom stereocenters. The van der Waals surface area contributed by atoms with Crippen LogP contribution in [0, 0.1) is 0 Å². The number of imide groups is 1. The van der Waals surface area contributed by atoms with Crippen LogP contribution in [-0.2, 0) is 21.5 Å². The number of halogens is 2. The zero-order chi connectivity index (χ0) is 27.4. The van der Waals surface area contributed by atoms with E-state index in [1.807, 2.05) is 0 Å². The molecule has 1 aliphatic heterocycles. The van der Waals surface area contributed by atoms with E-state index in [0.29, 0.717) is 26.9 Å². The van der Waals surface area contributed by atoms with Crippen molar-refractivity contribution in [2.24, 2.45) is 0 Å². The van der Waals surface area contributed by atoms with Gasteiger partial charge in [-0.1, -0.05) is 35.3 Å². The van der Waals surface area contributed by atoms with Gasteiger partial charge in [-0.3, -0.25) is 14.5 Å². The maximum Gasteiger partial charge on any atom is 0.339 e. The number of thioether (sulfide) groups is 1. The monoisotopic (exact) mass is 593 g/mol. The van der Waals surface area contributed by atoms with Gasteiger partial charge in [0.25, 0.3) is 11.1 Å². The van der Waals surface area contributed by atoms with Crippen LogP contribution in [0.15, 0.2) is 70.5 Å².